The van der Waals surface area contributed by atoms with Gasteiger partial charge in [-0.05, 0) is 59.0 Å². The van der Waals surface area contributed by atoms with Crippen molar-refractivity contribution in [1.82, 2.24) is 0 Å². The van der Waals surface area contributed by atoms with Gasteiger partial charge in [-0.2, -0.15) is 0 Å². The lowest BCUT2D eigenvalue weighted by atomic mass is 10.00. The fourth-order valence-electron chi connectivity index (χ4n) is 2.37. The predicted octanol–water partition coefficient (Wildman–Crippen LogP) is 3.90. The average Bonchev–Trinajstić information content (AvgIpc) is 2.58. The molecular weight excluding hydrogens is 415 g/mol. The number of carbonyl (C=O) groups excluding carboxylic acids is 1. The number of aliphatic imine (C=N–C) groups is 1. The number of halogens is 3. The molecule has 2 aromatic carbocycles. The SMILES string of the molecule is CN1C(=O)CN=C(c2ccc([125I])cc2[18F])c2cc(Cl)ccc21. The summed E-state index contributed by atoms with van der Waals surface area (Å²) in [6.07, 6.45) is 0. The van der Waals surface area contributed by atoms with Gasteiger partial charge in [0.2, 0.25) is 5.91 Å². The topological polar surface area (TPSA) is 32.7 Å². The first kappa shape index (κ1) is 15.4. The second-order valence-corrected chi connectivity index (χ2v) is 6.59. The highest BCUT2D eigenvalue weighted by Crippen LogP contribution is 2.29. The highest BCUT2D eigenvalue weighted by atomic mass is 125. The molecular formula is C16H11ClFIN2O. The maximum Gasteiger partial charge on any atom is 0.248 e. The van der Waals surface area contributed by atoms with E-state index < -0.39 is 0 Å². The monoisotopic (exact) mass is 425 g/mol. The van der Waals surface area contributed by atoms with Gasteiger partial charge in [0.15, 0.2) is 0 Å². The Morgan fingerprint density at radius 2 is 2.00 bits per heavy atom. The van der Waals surface area contributed by atoms with Crippen LogP contribution in [0.25, 0.3) is 0 Å². The molecule has 0 atom stereocenters. The summed E-state index contributed by atoms with van der Waals surface area (Å²) >= 11 is 8.13. The van der Waals surface area contributed by atoms with Crippen molar-refractivity contribution in [3.05, 3.63) is 61.9 Å². The molecule has 0 unspecified atom stereocenters. The molecule has 112 valence electrons. The summed E-state index contributed by atoms with van der Waals surface area (Å²) in [5.41, 5.74) is 2.14. The average molecular weight is 426 g/mol. The van der Waals surface area contributed by atoms with Crippen molar-refractivity contribution < 1.29 is 9.18 Å². The smallest absolute Gasteiger partial charge is 0.248 e. The highest BCUT2D eigenvalue weighted by Gasteiger charge is 2.24. The van der Waals surface area contributed by atoms with E-state index in [-0.39, 0.29) is 18.3 Å². The molecule has 0 aromatic heterocycles. The Hall–Kier alpha value is -1.47. The van der Waals surface area contributed by atoms with E-state index >= 15 is 0 Å². The number of amides is 1. The van der Waals surface area contributed by atoms with Crippen LogP contribution in [0.5, 0.6) is 0 Å². The normalized spacial score (nSPS) is 14.5. The van der Waals surface area contributed by atoms with Gasteiger partial charge in [0.25, 0.3) is 0 Å². The van der Waals surface area contributed by atoms with Gasteiger partial charge >= 0.3 is 0 Å². The third-order valence-corrected chi connectivity index (χ3v) is 4.41. The first-order valence-electron chi connectivity index (χ1n) is 6.53. The van der Waals surface area contributed by atoms with Gasteiger partial charge in [-0.3, -0.25) is 9.79 Å². The molecule has 1 aliphatic rings. The fraction of sp³-hybridized carbons (Fsp3) is 0.125. The Labute approximate surface area is 145 Å². The molecule has 3 rings (SSSR count). The summed E-state index contributed by atoms with van der Waals surface area (Å²) in [5, 5.41) is 0.514. The van der Waals surface area contributed by atoms with E-state index in [0.717, 1.165) is 3.57 Å². The van der Waals surface area contributed by atoms with Crippen molar-refractivity contribution in [2.75, 3.05) is 18.5 Å². The number of likely N-dealkylation sites (N-methyl/N-ethyl adjacent to an activating group) is 1. The Morgan fingerprint density at radius 1 is 1.23 bits per heavy atom. The lowest BCUT2D eigenvalue weighted by Gasteiger charge is -2.18. The molecule has 1 aliphatic heterocycles. The Kier molecular flexibility index (Phi) is 4.18. The van der Waals surface area contributed by atoms with Crippen LogP contribution in [0, 0.1) is 9.39 Å². The minimum atomic E-state index is -0.367. The van der Waals surface area contributed by atoms with Crippen LogP contribution in [0.3, 0.4) is 0 Å². The number of anilines is 1. The van der Waals surface area contributed by atoms with E-state index in [9.17, 15) is 9.18 Å². The van der Waals surface area contributed by atoms with Crippen LogP contribution in [0.15, 0.2) is 41.4 Å². The van der Waals surface area contributed by atoms with Gasteiger partial charge in [-0.1, -0.05) is 11.6 Å². The molecule has 3 nitrogen and oxygen atoms in total. The maximum absolute atomic E-state index is 14.3. The molecule has 2 aromatic rings. The first-order valence-corrected chi connectivity index (χ1v) is 7.99. The van der Waals surface area contributed by atoms with Crippen LogP contribution >= 0.6 is 34.2 Å². The van der Waals surface area contributed by atoms with Crippen LogP contribution in [-0.4, -0.2) is 25.2 Å². The molecule has 0 bridgehead atoms. The van der Waals surface area contributed by atoms with Crippen LogP contribution in [-0.2, 0) is 4.79 Å². The minimum Gasteiger partial charge on any atom is -0.313 e. The molecule has 0 aliphatic carbocycles. The third kappa shape index (κ3) is 2.75. The summed E-state index contributed by atoms with van der Waals surface area (Å²) in [4.78, 5) is 17.9. The van der Waals surface area contributed by atoms with E-state index in [0.29, 0.717) is 27.5 Å². The second-order valence-electron chi connectivity index (χ2n) is 4.90. The summed E-state index contributed by atoms with van der Waals surface area (Å²) < 4.78 is 15.1. The summed E-state index contributed by atoms with van der Waals surface area (Å²) in [6.45, 7) is -0.0242. The van der Waals surface area contributed by atoms with Crippen LogP contribution < -0.4 is 4.90 Å². The quantitative estimate of drug-likeness (QED) is 0.638. The molecule has 0 N–H and O–H groups in total. The van der Waals surface area contributed by atoms with E-state index in [1.165, 1.54) is 11.0 Å². The lowest BCUT2D eigenvalue weighted by molar-refractivity contribution is -0.116. The Morgan fingerprint density at radius 3 is 2.73 bits per heavy atom. The van der Waals surface area contributed by atoms with E-state index in [1.807, 2.05) is 28.7 Å². The zero-order valence-corrected chi connectivity index (χ0v) is 14.5. The first-order chi connectivity index (χ1) is 10.5. The zero-order valence-electron chi connectivity index (χ0n) is 11.6. The highest BCUT2D eigenvalue weighted by molar-refractivity contribution is 14.1. The minimum absolute atomic E-state index is 0.0242. The zero-order chi connectivity index (χ0) is 15.9. The molecule has 0 fully saturated rings. The Balaban J connectivity index is 2.25. The largest absolute Gasteiger partial charge is 0.313 e. The molecule has 1 heterocycles. The molecule has 22 heavy (non-hydrogen) atoms. The third-order valence-electron chi connectivity index (χ3n) is 3.51. The van der Waals surface area contributed by atoms with Gasteiger partial charge in [0, 0.05) is 26.8 Å². The van der Waals surface area contributed by atoms with Crippen LogP contribution in [0.2, 0.25) is 5.02 Å². The maximum atomic E-state index is 14.3. The summed E-state index contributed by atoms with van der Waals surface area (Å²) in [6, 6.07) is 10.1. The number of hydrogen-bond acceptors (Lipinski definition) is 2. The molecule has 1 amide bonds. The van der Waals surface area contributed by atoms with Crippen molar-refractivity contribution >= 4 is 51.5 Å². The molecule has 0 saturated carbocycles. The molecule has 6 heteroatoms. The van der Waals surface area contributed by atoms with Gasteiger partial charge in [-0.15, -0.1) is 0 Å². The second kappa shape index (κ2) is 5.96. The van der Waals surface area contributed by atoms with Crippen LogP contribution in [0.1, 0.15) is 11.1 Å². The van der Waals surface area contributed by atoms with E-state index in [2.05, 4.69) is 4.99 Å². The standard InChI is InChI=1S/C16H11ClFIN2O/c1-21-14-5-2-9(17)6-12(14)16(20-8-15(21)22)11-4-3-10(19)7-13(11)18/h2-7H,8H2,1H3/i18-1,19-2. The number of benzodiazepines with no additional fused rings is 1. The number of benzene rings is 2. The van der Waals surface area contributed by atoms with Crippen molar-refractivity contribution in [3.8, 4) is 0 Å². The number of fused-ring (bicyclic) bond motifs is 1. The van der Waals surface area contributed by atoms with Gasteiger partial charge in [0.05, 0.1) is 11.4 Å². The fourth-order valence-corrected chi connectivity index (χ4v) is 3.00. The number of nitrogens with zero attached hydrogens (tertiary/aromatic N) is 2. The van der Waals surface area contributed by atoms with Crippen molar-refractivity contribution in [2.45, 2.75) is 0 Å². The van der Waals surface area contributed by atoms with Gasteiger partial charge in [-0.25, -0.2) is 4.39 Å². The molecule has 0 saturated heterocycles. The van der Waals surface area contributed by atoms with Crippen molar-refractivity contribution in [3.63, 3.8) is 0 Å². The van der Waals surface area contributed by atoms with Crippen molar-refractivity contribution in [2.24, 2.45) is 4.99 Å². The van der Waals surface area contributed by atoms with E-state index in [1.54, 1.807) is 31.3 Å². The summed E-state index contributed by atoms with van der Waals surface area (Å²) in [7, 11) is 1.68. The van der Waals surface area contributed by atoms with Gasteiger partial charge < -0.3 is 4.90 Å². The number of rotatable bonds is 1. The Bertz CT molecular complexity index is 807. The van der Waals surface area contributed by atoms with E-state index in [4.69, 9.17) is 11.6 Å². The lowest BCUT2D eigenvalue weighted by Crippen LogP contribution is -2.27. The predicted molar refractivity (Wildman–Crippen MR) is 94.5 cm³/mol. The number of hydrogen-bond donors (Lipinski definition) is 0. The molecule has 0 radical (unpaired) electrons. The van der Waals surface area contributed by atoms with Crippen LogP contribution in [0.4, 0.5) is 10.1 Å². The summed E-state index contributed by atoms with van der Waals surface area (Å²) in [5.74, 6) is -0.516. The number of carbonyl (C=O) groups is 1. The van der Waals surface area contributed by atoms with Crippen molar-refractivity contribution in [1.29, 1.82) is 0 Å². The van der Waals surface area contributed by atoms with Gasteiger partial charge in [0.1, 0.15) is 12.4 Å². The molecule has 0 spiro atoms.